The Morgan fingerprint density at radius 1 is 1.24 bits per heavy atom. The predicted octanol–water partition coefficient (Wildman–Crippen LogP) is 1.57. The maximum atomic E-state index is 9.67. The first-order valence-electron chi connectivity index (χ1n) is 7.26. The van der Waals surface area contributed by atoms with Crippen LogP contribution in [-0.2, 0) is 0 Å². The second-order valence-electron chi connectivity index (χ2n) is 6.08. The van der Waals surface area contributed by atoms with Crippen LogP contribution in [0.5, 0.6) is 0 Å². The number of rotatable bonds is 4. The molecule has 1 saturated carbocycles. The SMILES string of the molecule is CCN1CCN(CC2(CO)CCCC2)CC1C. The van der Waals surface area contributed by atoms with Crippen LogP contribution in [-0.4, -0.2) is 60.3 Å². The highest BCUT2D eigenvalue weighted by Gasteiger charge is 2.36. The average molecular weight is 240 g/mol. The van der Waals surface area contributed by atoms with Gasteiger partial charge in [0.1, 0.15) is 0 Å². The number of piperazine rings is 1. The van der Waals surface area contributed by atoms with Crippen molar-refractivity contribution in [2.45, 2.75) is 45.6 Å². The molecule has 2 aliphatic rings. The smallest absolute Gasteiger partial charge is 0.0499 e. The molecule has 3 nitrogen and oxygen atoms in total. The van der Waals surface area contributed by atoms with E-state index in [1.165, 1.54) is 51.9 Å². The van der Waals surface area contributed by atoms with Gasteiger partial charge in [-0.2, -0.15) is 0 Å². The zero-order valence-corrected chi connectivity index (χ0v) is 11.5. The molecule has 1 heterocycles. The van der Waals surface area contributed by atoms with Crippen LogP contribution < -0.4 is 0 Å². The second-order valence-corrected chi connectivity index (χ2v) is 6.08. The normalized spacial score (nSPS) is 30.9. The van der Waals surface area contributed by atoms with Crippen LogP contribution >= 0.6 is 0 Å². The lowest BCUT2D eigenvalue weighted by atomic mass is 9.86. The monoisotopic (exact) mass is 240 g/mol. The van der Waals surface area contributed by atoms with E-state index in [1.807, 2.05) is 0 Å². The fourth-order valence-corrected chi connectivity index (χ4v) is 3.65. The Kier molecular flexibility index (Phi) is 4.45. The van der Waals surface area contributed by atoms with Crippen molar-refractivity contribution in [3.63, 3.8) is 0 Å². The summed E-state index contributed by atoms with van der Waals surface area (Å²) in [6.45, 7) is 10.8. The van der Waals surface area contributed by atoms with Crippen LogP contribution in [0.1, 0.15) is 39.5 Å². The molecule has 1 saturated heterocycles. The highest BCUT2D eigenvalue weighted by atomic mass is 16.3. The van der Waals surface area contributed by atoms with Crippen molar-refractivity contribution >= 4 is 0 Å². The van der Waals surface area contributed by atoms with Gasteiger partial charge < -0.3 is 5.11 Å². The van der Waals surface area contributed by atoms with Crippen LogP contribution in [0, 0.1) is 5.41 Å². The number of likely N-dealkylation sites (N-methyl/N-ethyl adjacent to an activating group) is 1. The van der Waals surface area contributed by atoms with Gasteiger partial charge in [-0.15, -0.1) is 0 Å². The number of aliphatic hydroxyl groups is 1. The third-order valence-corrected chi connectivity index (χ3v) is 4.81. The Morgan fingerprint density at radius 2 is 1.94 bits per heavy atom. The van der Waals surface area contributed by atoms with Crippen LogP contribution in [0.4, 0.5) is 0 Å². The zero-order valence-electron chi connectivity index (χ0n) is 11.5. The molecule has 1 aliphatic heterocycles. The summed E-state index contributed by atoms with van der Waals surface area (Å²) in [6, 6.07) is 0.672. The highest BCUT2D eigenvalue weighted by molar-refractivity contribution is 4.89. The van der Waals surface area contributed by atoms with Gasteiger partial charge in [-0.1, -0.05) is 19.8 Å². The maximum absolute atomic E-state index is 9.67. The van der Waals surface area contributed by atoms with Gasteiger partial charge in [0.2, 0.25) is 0 Å². The van der Waals surface area contributed by atoms with E-state index in [4.69, 9.17) is 0 Å². The lowest BCUT2D eigenvalue weighted by Gasteiger charge is -2.42. The molecule has 0 bridgehead atoms. The van der Waals surface area contributed by atoms with E-state index in [2.05, 4.69) is 23.6 Å². The molecule has 0 amide bonds. The molecule has 17 heavy (non-hydrogen) atoms. The van der Waals surface area contributed by atoms with E-state index < -0.39 is 0 Å². The van der Waals surface area contributed by atoms with Gasteiger partial charge >= 0.3 is 0 Å². The van der Waals surface area contributed by atoms with E-state index in [0.29, 0.717) is 12.6 Å². The first-order chi connectivity index (χ1) is 8.19. The van der Waals surface area contributed by atoms with Gasteiger partial charge in [-0.05, 0) is 26.3 Å². The Morgan fingerprint density at radius 3 is 2.47 bits per heavy atom. The highest BCUT2D eigenvalue weighted by Crippen LogP contribution is 2.38. The molecule has 2 rings (SSSR count). The Hall–Kier alpha value is -0.120. The fraction of sp³-hybridized carbons (Fsp3) is 1.00. The molecule has 100 valence electrons. The molecule has 3 heteroatoms. The van der Waals surface area contributed by atoms with Crippen molar-refractivity contribution in [2.24, 2.45) is 5.41 Å². The van der Waals surface area contributed by atoms with E-state index in [0.717, 1.165) is 6.54 Å². The third kappa shape index (κ3) is 3.01. The summed E-state index contributed by atoms with van der Waals surface area (Å²) in [4.78, 5) is 5.13. The Bertz CT molecular complexity index is 238. The Labute approximate surface area is 106 Å². The predicted molar refractivity (Wildman–Crippen MR) is 71.1 cm³/mol. The molecule has 1 aliphatic carbocycles. The van der Waals surface area contributed by atoms with Gasteiger partial charge in [0.25, 0.3) is 0 Å². The standard InChI is InChI=1S/C14H28N2O/c1-3-16-9-8-15(10-13(16)2)11-14(12-17)6-4-5-7-14/h13,17H,3-12H2,1-2H3. The first-order valence-corrected chi connectivity index (χ1v) is 7.26. The van der Waals surface area contributed by atoms with Crippen molar-refractivity contribution in [1.29, 1.82) is 0 Å². The lowest BCUT2D eigenvalue weighted by molar-refractivity contribution is 0.0304. The van der Waals surface area contributed by atoms with Gasteiger partial charge in [0.15, 0.2) is 0 Å². The summed E-state index contributed by atoms with van der Waals surface area (Å²) in [7, 11) is 0. The van der Waals surface area contributed by atoms with Gasteiger partial charge in [0.05, 0.1) is 0 Å². The summed E-state index contributed by atoms with van der Waals surface area (Å²) < 4.78 is 0. The summed E-state index contributed by atoms with van der Waals surface area (Å²) in [5.74, 6) is 0. The van der Waals surface area contributed by atoms with Crippen molar-refractivity contribution in [2.75, 3.05) is 39.3 Å². The average Bonchev–Trinajstić information content (AvgIpc) is 2.79. The lowest BCUT2D eigenvalue weighted by Crippen LogP contribution is -2.54. The van der Waals surface area contributed by atoms with Gasteiger partial charge in [-0.25, -0.2) is 0 Å². The number of hydrogen-bond acceptors (Lipinski definition) is 3. The minimum atomic E-state index is 0.230. The summed E-state index contributed by atoms with van der Waals surface area (Å²) in [5.41, 5.74) is 0.230. The summed E-state index contributed by atoms with van der Waals surface area (Å²) in [6.07, 6.45) is 5.08. The minimum absolute atomic E-state index is 0.230. The van der Waals surface area contributed by atoms with Gasteiger partial charge in [0, 0.05) is 44.2 Å². The molecule has 2 fully saturated rings. The molecule has 0 radical (unpaired) electrons. The van der Waals surface area contributed by atoms with Crippen LogP contribution in [0.3, 0.4) is 0 Å². The van der Waals surface area contributed by atoms with E-state index in [-0.39, 0.29) is 5.41 Å². The molecule has 1 atom stereocenters. The topological polar surface area (TPSA) is 26.7 Å². The largest absolute Gasteiger partial charge is 0.396 e. The van der Waals surface area contributed by atoms with Crippen molar-refractivity contribution in [3.05, 3.63) is 0 Å². The first kappa shape index (κ1) is 13.3. The second kappa shape index (κ2) is 5.68. The fourth-order valence-electron chi connectivity index (χ4n) is 3.65. The number of nitrogens with zero attached hydrogens (tertiary/aromatic N) is 2. The summed E-state index contributed by atoms with van der Waals surface area (Å²) >= 11 is 0. The molecule has 0 aromatic rings. The number of aliphatic hydroxyl groups excluding tert-OH is 1. The van der Waals surface area contributed by atoms with Crippen molar-refractivity contribution in [1.82, 2.24) is 9.80 Å². The van der Waals surface area contributed by atoms with Crippen molar-refractivity contribution < 1.29 is 5.11 Å². The van der Waals surface area contributed by atoms with E-state index in [1.54, 1.807) is 0 Å². The quantitative estimate of drug-likeness (QED) is 0.808. The third-order valence-electron chi connectivity index (χ3n) is 4.81. The Balaban J connectivity index is 1.87. The minimum Gasteiger partial charge on any atom is -0.396 e. The van der Waals surface area contributed by atoms with Crippen LogP contribution in [0.25, 0.3) is 0 Å². The van der Waals surface area contributed by atoms with Gasteiger partial charge in [-0.3, -0.25) is 9.80 Å². The summed E-state index contributed by atoms with van der Waals surface area (Å²) in [5, 5.41) is 9.67. The van der Waals surface area contributed by atoms with E-state index in [9.17, 15) is 5.11 Å². The van der Waals surface area contributed by atoms with Crippen molar-refractivity contribution in [3.8, 4) is 0 Å². The van der Waals surface area contributed by atoms with E-state index >= 15 is 0 Å². The van der Waals surface area contributed by atoms with Crippen LogP contribution in [0.15, 0.2) is 0 Å². The number of hydrogen-bond donors (Lipinski definition) is 1. The molecular formula is C14H28N2O. The molecular weight excluding hydrogens is 212 g/mol. The van der Waals surface area contributed by atoms with Crippen LogP contribution in [0.2, 0.25) is 0 Å². The molecule has 0 aromatic heterocycles. The zero-order chi connectivity index (χ0) is 12.3. The molecule has 1 unspecified atom stereocenters. The molecule has 1 N–H and O–H groups in total. The molecule has 0 aromatic carbocycles. The maximum Gasteiger partial charge on any atom is 0.0499 e. The molecule has 0 spiro atoms.